The van der Waals surface area contributed by atoms with Gasteiger partial charge in [0.1, 0.15) is 5.60 Å². The second kappa shape index (κ2) is 7.77. The van der Waals surface area contributed by atoms with Crippen molar-refractivity contribution in [1.29, 1.82) is 0 Å². The van der Waals surface area contributed by atoms with Crippen molar-refractivity contribution in [1.82, 2.24) is 5.32 Å². The van der Waals surface area contributed by atoms with Crippen LogP contribution in [0.5, 0.6) is 0 Å². The van der Waals surface area contributed by atoms with Crippen LogP contribution < -0.4 is 5.32 Å². The molecule has 0 aromatic heterocycles. The minimum absolute atomic E-state index is 0.0491. The monoisotopic (exact) mass is 357 g/mol. The number of hydrogen-bond donors (Lipinski definition) is 1. The maximum atomic E-state index is 11.6. The Hall–Kier alpha value is -2.91. The van der Waals surface area contributed by atoms with Gasteiger partial charge in [0.15, 0.2) is 0 Å². The van der Waals surface area contributed by atoms with Crippen molar-refractivity contribution in [3.05, 3.63) is 108 Å². The standard InChI is InChI=1S/C24H23NO2/c26-23-17-16-22(25-23)18-27-24(19-10-4-1-5-11-19,20-12-6-2-7-13-20)21-14-8-3-9-15-21/h1-15,22H,16-18H2,(H,25,26)/t22-/m0/s1. The van der Waals surface area contributed by atoms with E-state index >= 15 is 0 Å². The van der Waals surface area contributed by atoms with Crippen LogP contribution in [0.4, 0.5) is 0 Å². The lowest BCUT2D eigenvalue weighted by Gasteiger charge is -2.36. The molecule has 0 aliphatic carbocycles. The zero-order chi connectivity index (χ0) is 18.5. The molecular formula is C24H23NO2. The number of ether oxygens (including phenoxy) is 1. The average molecular weight is 357 g/mol. The van der Waals surface area contributed by atoms with E-state index < -0.39 is 5.60 Å². The van der Waals surface area contributed by atoms with E-state index in [4.69, 9.17) is 4.74 Å². The molecule has 1 saturated heterocycles. The van der Waals surface area contributed by atoms with E-state index in [1.165, 1.54) is 0 Å². The molecule has 4 rings (SSSR count). The number of benzene rings is 3. The SMILES string of the molecule is O=C1CC[C@@H](COC(c2ccccc2)(c2ccccc2)c2ccccc2)N1. The molecule has 0 bridgehead atoms. The fourth-order valence-electron chi connectivity index (χ4n) is 3.80. The molecule has 3 heteroatoms. The van der Waals surface area contributed by atoms with Gasteiger partial charge in [0, 0.05) is 6.42 Å². The summed E-state index contributed by atoms with van der Waals surface area (Å²) >= 11 is 0. The Morgan fingerprint density at radius 1 is 0.778 bits per heavy atom. The molecule has 1 atom stereocenters. The van der Waals surface area contributed by atoms with Crippen molar-refractivity contribution >= 4 is 5.91 Å². The predicted octanol–water partition coefficient (Wildman–Crippen LogP) is 4.27. The Kier molecular flexibility index (Phi) is 5.03. The highest BCUT2D eigenvalue weighted by Crippen LogP contribution is 2.40. The van der Waals surface area contributed by atoms with Crippen LogP contribution in [0.1, 0.15) is 29.5 Å². The van der Waals surface area contributed by atoms with Gasteiger partial charge in [-0.3, -0.25) is 4.79 Å². The predicted molar refractivity (Wildman–Crippen MR) is 106 cm³/mol. The molecule has 136 valence electrons. The van der Waals surface area contributed by atoms with Crippen LogP contribution in [0.3, 0.4) is 0 Å². The molecule has 0 radical (unpaired) electrons. The summed E-state index contributed by atoms with van der Waals surface area (Å²) in [5, 5.41) is 3.02. The van der Waals surface area contributed by atoms with E-state index in [0.717, 1.165) is 23.1 Å². The highest BCUT2D eigenvalue weighted by Gasteiger charge is 2.38. The van der Waals surface area contributed by atoms with Gasteiger partial charge in [-0.05, 0) is 23.1 Å². The molecule has 0 unspecified atom stereocenters. The maximum Gasteiger partial charge on any atom is 0.220 e. The van der Waals surface area contributed by atoms with Crippen LogP contribution in [0, 0.1) is 0 Å². The second-order valence-corrected chi connectivity index (χ2v) is 6.89. The molecule has 1 heterocycles. The van der Waals surface area contributed by atoms with Gasteiger partial charge in [-0.2, -0.15) is 0 Å². The molecule has 3 aromatic rings. The van der Waals surface area contributed by atoms with Crippen LogP contribution in [0.25, 0.3) is 0 Å². The van der Waals surface area contributed by atoms with E-state index in [1.54, 1.807) is 0 Å². The number of carbonyl (C=O) groups excluding carboxylic acids is 1. The largest absolute Gasteiger partial charge is 0.359 e. The summed E-state index contributed by atoms with van der Waals surface area (Å²) in [5.74, 6) is 0.105. The fourth-order valence-corrected chi connectivity index (χ4v) is 3.80. The highest BCUT2D eigenvalue weighted by molar-refractivity contribution is 5.78. The lowest BCUT2D eigenvalue weighted by atomic mass is 9.80. The minimum atomic E-state index is -0.725. The quantitative estimate of drug-likeness (QED) is 0.669. The molecular weight excluding hydrogens is 334 g/mol. The summed E-state index contributed by atoms with van der Waals surface area (Å²) in [6, 6.07) is 31.0. The third-order valence-electron chi connectivity index (χ3n) is 5.13. The molecule has 0 spiro atoms. The summed E-state index contributed by atoms with van der Waals surface area (Å²) in [7, 11) is 0. The molecule has 0 saturated carbocycles. The van der Waals surface area contributed by atoms with E-state index in [-0.39, 0.29) is 11.9 Å². The van der Waals surface area contributed by atoms with E-state index in [1.807, 2.05) is 54.6 Å². The molecule has 3 aromatic carbocycles. The van der Waals surface area contributed by atoms with Crippen LogP contribution in [0.2, 0.25) is 0 Å². The number of hydrogen-bond acceptors (Lipinski definition) is 2. The maximum absolute atomic E-state index is 11.6. The molecule has 3 nitrogen and oxygen atoms in total. The van der Waals surface area contributed by atoms with Gasteiger partial charge in [0.2, 0.25) is 5.91 Å². The van der Waals surface area contributed by atoms with Gasteiger partial charge in [-0.15, -0.1) is 0 Å². The fraction of sp³-hybridized carbons (Fsp3) is 0.208. The minimum Gasteiger partial charge on any atom is -0.359 e. The van der Waals surface area contributed by atoms with Crippen LogP contribution >= 0.6 is 0 Å². The lowest BCUT2D eigenvalue weighted by Crippen LogP contribution is -2.38. The Morgan fingerprint density at radius 2 is 1.22 bits per heavy atom. The number of nitrogens with one attached hydrogen (secondary N) is 1. The number of amides is 1. The summed E-state index contributed by atoms with van der Waals surface area (Å²) < 4.78 is 6.71. The molecule has 1 aliphatic heterocycles. The average Bonchev–Trinajstić information content (AvgIpc) is 3.16. The Bertz CT molecular complexity index is 781. The number of rotatable bonds is 6. The Morgan fingerprint density at radius 3 is 1.59 bits per heavy atom. The highest BCUT2D eigenvalue weighted by atomic mass is 16.5. The van der Waals surface area contributed by atoms with Crippen LogP contribution in [-0.2, 0) is 15.1 Å². The first-order chi connectivity index (χ1) is 13.3. The van der Waals surface area contributed by atoms with Crippen LogP contribution in [-0.4, -0.2) is 18.6 Å². The van der Waals surface area contributed by atoms with Gasteiger partial charge < -0.3 is 10.1 Å². The van der Waals surface area contributed by atoms with Gasteiger partial charge in [0.05, 0.1) is 12.6 Å². The van der Waals surface area contributed by atoms with Gasteiger partial charge in [0.25, 0.3) is 0 Å². The second-order valence-electron chi connectivity index (χ2n) is 6.89. The van der Waals surface area contributed by atoms with Crippen molar-refractivity contribution in [2.45, 2.75) is 24.5 Å². The van der Waals surface area contributed by atoms with Crippen molar-refractivity contribution in [2.24, 2.45) is 0 Å². The summed E-state index contributed by atoms with van der Waals surface area (Å²) in [6.45, 7) is 0.463. The molecule has 1 amide bonds. The Balaban J connectivity index is 1.82. The van der Waals surface area contributed by atoms with Gasteiger partial charge in [-0.1, -0.05) is 91.0 Å². The molecule has 1 fully saturated rings. The Labute approximate surface area is 160 Å². The van der Waals surface area contributed by atoms with Gasteiger partial charge >= 0.3 is 0 Å². The molecule has 1 N–H and O–H groups in total. The van der Waals surface area contributed by atoms with Crippen molar-refractivity contribution in [3.63, 3.8) is 0 Å². The normalized spacial score (nSPS) is 16.9. The first-order valence-corrected chi connectivity index (χ1v) is 9.39. The number of carbonyl (C=O) groups is 1. The van der Waals surface area contributed by atoms with Crippen molar-refractivity contribution in [2.75, 3.05) is 6.61 Å². The van der Waals surface area contributed by atoms with Gasteiger partial charge in [-0.25, -0.2) is 0 Å². The van der Waals surface area contributed by atoms with E-state index in [2.05, 4.69) is 41.7 Å². The van der Waals surface area contributed by atoms with Crippen molar-refractivity contribution in [3.8, 4) is 0 Å². The van der Waals surface area contributed by atoms with Crippen LogP contribution in [0.15, 0.2) is 91.0 Å². The molecule has 27 heavy (non-hydrogen) atoms. The lowest BCUT2D eigenvalue weighted by molar-refractivity contribution is -0.119. The first kappa shape index (κ1) is 17.5. The topological polar surface area (TPSA) is 38.3 Å². The third-order valence-corrected chi connectivity index (χ3v) is 5.13. The molecule has 1 aliphatic rings. The van der Waals surface area contributed by atoms with E-state index in [0.29, 0.717) is 13.0 Å². The first-order valence-electron chi connectivity index (χ1n) is 9.39. The van der Waals surface area contributed by atoms with E-state index in [9.17, 15) is 4.79 Å². The smallest absolute Gasteiger partial charge is 0.220 e. The summed E-state index contributed by atoms with van der Waals surface area (Å²) in [6.07, 6.45) is 1.39. The zero-order valence-corrected chi connectivity index (χ0v) is 15.2. The summed E-state index contributed by atoms with van der Waals surface area (Å²) in [4.78, 5) is 11.6. The third kappa shape index (κ3) is 3.51. The van der Waals surface area contributed by atoms with Crippen molar-refractivity contribution < 1.29 is 9.53 Å². The summed E-state index contributed by atoms with van der Waals surface area (Å²) in [5.41, 5.74) is 2.50. The zero-order valence-electron chi connectivity index (χ0n) is 15.2.